The first-order valence-corrected chi connectivity index (χ1v) is 17.0. The smallest absolute Gasteiger partial charge is 0.373 e. The third kappa shape index (κ3) is 18.6. The first-order chi connectivity index (χ1) is 16.6. The average molecular weight is 524 g/mol. The Kier molecular flexibility index (Phi) is 30.0. The van der Waals surface area contributed by atoms with Crippen LogP contribution in [0, 0.1) is 5.92 Å². The van der Waals surface area contributed by atoms with Gasteiger partial charge in [0.15, 0.2) is 0 Å². The number of hydrogen-bond donors (Lipinski definition) is 1. The van der Waals surface area contributed by atoms with E-state index in [0.29, 0.717) is 17.3 Å². The normalized spacial score (nSPS) is 13.4. The fourth-order valence-electron chi connectivity index (χ4n) is 4.46. The minimum absolute atomic E-state index is 0.352. The molecule has 0 aromatic heterocycles. The van der Waals surface area contributed by atoms with Crippen molar-refractivity contribution in [3.8, 4) is 0 Å². The Balaban J connectivity index is 0. The van der Waals surface area contributed by atoms with Gasteiger partial charge in [0.1, 0.15) is 0 Å². The molecule has 0 spiro atoms. The van der Waals surface area contributed by atoms with Gasteiger partial charge in [-0.05, 0) is 52.1 Å². The third-order valence-corrected chi connectivity index (χ3v) is 9.97. The summed E-state index contributed by atoms with van der Waals surface area (Å²) in [4.78, 5) is 0. The van der Waals surface area contributed by atoms with Gasteiger partial charge in [-0.25, -0.2) is 0 Å². The summed E-state index contributed by atoms with van der Waals surface area (Å²) in [5, 5.41) is 2.75. The zero-order valence-corrected chi connectivity index (χ0v) is 25.9. The summed E-state index contributed by atoms with van der Waals surface area (Å²) in [5.74, 6) is 1.24. The second-order valence-electron chi connectivity index (χ2n) is 9.52. The topological polar surface area (TPSA) is 39.7 Å². The quantitative estimate of drug-likeness (QED) is 0.0777. The van der Waals surface area contributed by atoms with E-state index in [0.717, 1.165) is 51.9 Å². The molecule has 0 radical (unpaired) electrons. The molecule has 0 heterocycles. The van der Waals surface area contributed by atoms with Crippen molar-refractivity contribution in [2.45, 2.75) is 136 Å². The number of hydrogen-bond acceptors (Lipinski definition) is 4. The number of nitrogens with one attached hydrogen (secondary N) is 1. The molecular weight excluding hydrogens is 462 g/mol. The van der Waals surface area contributed by atoms with Gasteiger partial charge >= 0.3 is 8.80 Å². The molecule has 4 nitrogen and oxygen atoms in total. The van der Waals surface area contributed by atoms with Crippen LogP contribution >= 0.6 is 11.6 Å². The molecule has 2 unspecified atom stereocenters. The van der Waals surface area contributed by atoms with Gasteiger partial charge < -0.3 is 18.6 Å². The van der Waals surface area contributed by atoms with Crippen LogP contribution in [-0.2, 0) is 13.3 Å². The molecule has 0 aliphatic carbocycles. The molecule has 0 aromatic rings. The first-order valence-electron chi connectivity index (χ1n) is 14.6. The zero-order chi connectivity index (χ0) is 25.9. The standard InChI is InChI=1S/C26H55ClO3Si.C2H7N/c1-6-11-12-13-14-15-16-17-18-19-25(20-21-27)26(10-5)31(28-22-7-2,29-23-8-3)30-24-9-4;1-3-2/h25-26H,6-24H2,1-5H3;3H,1-2H3. The van der Waals surface area contributed by atoms with Gasteiger partial charge in [-0.3, -0.25) is 0 Å². The van der Waals surface area contributed by atoms with Crippen LogP contribution in [-0.4, -0.2) is 48.6 Å². The largest absolute Gasteiger partial charge is 0.504 e. The van der Waals surface area contributed by atoms with Crippen LogP contribution in [0.2, 0.25) is 5.54 Å². The summed E-state index contributed by atoms with van der Waals surface area (Å²) in [7, 11) is 1.01. The van der Waals surface area contributed by atoms with Crippen LogP contribution in [0.25, 0.3) is 0 Å². The Morgan fingerprint density at radius 3 is 1.38 bits per heavy atom. The molecular formula is C28H62ClNO3Si. The van der Waals surface area contributed by atoms with Gasteiger partial charge in [0.2, 0.25) is 0 Å². The molecule has 0 saturated heterocycles. The fourth-order valence-corrected chi connectivity index (χ4v) is 8.50. The number of halogens is 1. The van der Waals surface area contributed by atoms with E-state index in [1.807, 2.05) is 14.1 Å². The van der Waals surface area contributed by atoms with E-state index in [9.17, 15) is 0 Å². The van der Waals surface area contributed by atoms with Crippen molar-refractivity contribution in [1.82, 2.24) is 5.32 Å². The van der Waals surface area contributed by atoms with Crippen molar-refractivity contribution in [2.24, 2.45) is 5.92 Å². The van der Waals surface area contributed by atoms with Crippen LogP contribution in [0.1, 0.15) is 131 Å². The predicted molar refractivity (Wildman–Crippen MR) is 154 cm³/mol. The number of unbranched alkanes of at least 4 members (excludes halogenated alkanes) is 8. The van der Waals surface area contributed by atoms with E-state index in [-0.39, 0.29) is 0 Å². The highest BCUT2D eigenvalue weighted by molar-refractivity contribution is 6.62. The zero-order valence-electron chi connectivity index (χ0n) is 24.2. The molecule has 34 heavy (non-hydrogen) atoms. The molecule has 6 heteroatoms. The molecule has 0 amide bonds. The van der Waals surface area contributed by atoms with E-state index in [1.165, 1.54) is 64.2 Å². The second-order valence-corrected chi connectivity index (χ2v) is 12.7. The highest BCUT2D eigenvalue weighted by atomic mass is 35.5. The summed E-state index contributed by atoms with van der Waals surface area (Å²) >= 11 is 6.28. The molecule has 208 valence electrons. The molecule has 0 bridgehead atoms. The molecule has 1 N–H and O–H groups in total. The Labute approximate surface area is 221 Å². The highest BCUT2D eigenvalue weighted by Crippen LogP contribution is 2.41. The minimum atomic E-state index is -2.74. The van der Waals surface area contributed by atoms with Crippen molar-refractivity contribution in [3.05, 3.63) is 0 Å². The third-order valence-electron chi connectivity index (χ3n) is 6.14. The summed E-state index contributed by atoms with van der Waals surface area (Å²) < 4.78 is 19.5. The van der Waals surface area contributed by atoms with Crippen LogP contribution in [0.5, 0.6) is 0 Å². The molecule has 0 saturated carbocycles. The van der Waals surface area contributed by atoms with Crippen molar-refractivity contribution in [3.63, 3.8) is 0 Å². The maximum absolute atomic E-state index is 6.51. The van der Waals surface area contributed by atoms with Crippen molar-refractivity contribution >= 4 is 20.4 Å². The van der Waals surface area contributed by atoms with Gasteiger partial charge in [0, 0.05) is 31.2 Å². The van der Waals surface area contributed by atoms with E-state index in [2.05, 4.69) is 39.9 Å². The lowest BCUT2D eigenvalue weighted by atomic mass is 9.93. The summed E-state index contributed by atoms with van der Waals surface area (Å²) in [6, 6.07) is 0. The SMILES string of the molecule is CCCCCCCCCCCC(CCCl)C(CC)[Si](OCCC)(OCCC)OCCC.CNC. The maximum Gasteiger partial charge on any atom is 0.504 e. The lowest BCUT2D eigenvalue weighted by molar-refractivity contribution is 0.0407. The van der Waals surface area contributed by atoms with Crippen LogP contribution in [0.15, 0.2) is 0 Å². The number of rotatable bonds is 24. The Hall–Kier alpha value is 0.347. The van der Waals surface area contributed by atoms with Crippen LogP contribution < -0.4 is 5.32 Å². The monoisotopic (exact) mass is 523 g/mol. The first kappa shape index (κ1) is 36.5. The van der Waals surface area contributed by atoms with Crippen molar-refractivity contribution in [2.75, 3.05) is 39.8 Å². The van der Waals surface area contributed by atoms with Gasteiger partial charge in [0.25, 0.3) is 0 Å². The van der Waals surface area contributed by atoms with Gasteiger partial charge in [-0.2, -0.15) is 0 Å². The highest BCUT2D eigenvalue weighted by Gasteiger charge is 2.51. The predicted octanol–water partition coefficient (Wildman–Crippen LogP) is 8.99. The van der Waals surface area contributed by atoms with Gasteiger partial charge in [-0.15, -0.1) is 11.6 Å². The van der Waals surface area contributed by atoms with Crippen LogP contribution in [0.3, 0.4) is 0 Å². The Morgan fingerprint density at radius 2 is 1.03 bits per heavy atom. The lowest BCUT2D eigenvalue weighted by Crippen LogP contribution is -2.53. The summed E-state index contributed by atoms with van der Waals surface area (Å²) in [6.45, 7) is 13.2. The molecule has 0 aromatic carbocycles. The van der Waals surface area contributed by atoms with Crippen molar-refractivity contribution < 1.29 is 13.3 Å². The van der Waals surface area contributed by atoms with Crippen LogP contribution in [0.4, 0.5) is 0 Å². The van der Waals surface area contributed by atoms with Gasteiger partial charge in [0.05, 0.1) is 0 Å². The van der Waals surface area contributed by atoms with E-state index < -0.39 is 8.80 Å². The van der Waals surface area contributed by atoms with E-state index in [4.69, 9.17) is 24.9 Å². The fraction of sp³-hybridized carbons (Fsp3) is 1.00. The Morgan fingerprint density at radius 1 is 0.618 bits per heavy atom. The van der Waals surface area contributed by atoms with E-state index >= 15 is 0 Å². The molecule has 2 atom stereocenters. The van der Waals surface area contributed by atoms with E-state index in [1.54, 1.807) is 0 Å². The summed E-state index contributed by atoms with van der Waals surface area (Å²) in [6.07, 6.45) is 18.6. The van der Waals surface area contributed by atoms with Gasteiger partial charge in [-0.1, -0.05) is 98.8 Å². The Bertz CT molecular complexity index is 369. The molecule has 0 aliphatic heterocycles. The van der Waals surface area contributed by atoms with Crippen molar-refractivity contribution in [1.29, 1.82) is 0 Å². The summed E-state index contributed by atoms with van der Waals surface area (Å²) in [5.41, 5.74) is 0.352. The average Bonchev–Trinajstić information content (AvgIpc) is 2.84. The molecule has 0 rings (SSSR count). The minimum Gasteiger partial charge on any atom is -0.373 e. The lowest BCUT2D eigenvalue weighted by Gasteiger charge is -2.39. The molecule has 0 aliphatic rings. The number of alkyl halides is 1. The maximum atomic E-state index is 6.51. The second kappa shape index (κ2) is 27.9. The molecule has 0 fully saturated rings.